The Hall–Kier alpha value is -2.07. The topological polar surface area (TPSA) is 49.9 Å². The van der Waals surface area contributed by atoms with Crippen LogP contribution < -0.4 is 0 Å². The normalized spacial score (nSPS) is 11.8. The van der Waals surface area contributed by atoms with Crippen LogP contribution in [0.5, 0.6) is 0 Å². The fraction of sp³-hybridized carbons (Fsp3) is 0.125. The lowest BCUT2D eigenvalue weighted by atomic mass is 10.2. The van der Waals surface area contributed by atoms with E-state index in [0.717, 1.165) is 22.9 Å². The molecule has 0 spiro atoms. The second kappa shape index (κ2) is 4.80. The van der Waals surface area contributed by atoms with Gasteiger partial charge in [0.15, 0.2) is 0 Å². The summed E-state index contributed by atoms with van der Waals surface area (Å²) in [4.78, 5) is 3.67. The van der Waals surface area contributed by atoms with Crippen LogP contribution in [0.3, 0.4) is 0 Å². The monoisotopic (exact) mass is 285 g/mol. The highest BCUT2D eigenvalue weighted by Crippen LogP contribution is 2.28. The second-order valence-corrected chi connectivity index (χ2v) is 6.62. The molecule has 102 valence electrons. The summed E-state index contributed by atoms with van der Waals surface area (Å²) in [6, 6.07) is 14.5. The fourth-order valence-electron chi connectivity index (χ4n) is 2.30. The number of aromatic amines is 1. The average Bonchev–Trinajstić information content (AvgIpc) is 2.92. The molecular weight excluding hydrogens is 270 g/mol. The molecule has 0 radical (unpaired) electrons. The van der Waals surface area contributed by atoms with Crippen LogP contribution in [0.1, 0.15) is 12.5 Å². The Bertz CT molecular complexity index is 846. The molecule has 4 heteroatoms. The third-order valence-electron chi connectivity index (χ3n) is 3.48. The summed E-state index contributed by atoms with van der Waals surface area (Å²) in [6.45, 7) is 2.04. The average molecular weight is 285 g/mol. The molecule has 3 rings (SSSR count). The first kappa shape index (κ1) is 12.9. The van der Waals surface area contributed by atoms with E-state index in [-0.39, 0.29) is 0 Å². The summed E-state index contributed by atoms with van der Waals surface area (Å²) in [6.07, 6.45) is 2.46. The van der Waals surface area contributed by atoms with Crippen molar-refractivity contribution in [2.45, 2.75) is 23.1 Å². The minimum atomic E-state index is -3.48. The molecule has 0 bridgehead atoms. The molecule has 0 aliphatic heterocycles. The summed E-state index contributed by atoms with van der Waals surface area (Å²) in [5.41, 5.74) is 1.96. The Morgan fingerprint density at radius 2 is 1.70 bits per heavy atom. The molecule has 0 amide bonds. The maximum absolute atomic E-state index is 12.7. The van der Waals surface area contributed by atoms with Crippen LogP contribution >= 0.6 is 0 Å². The molecule has 3 aromatic rings. The third kappa shape index (κ3) is 2.02. The fourth-order valence-corrected chi connectivity index (χ4v) is 3.73. The van der Waals surface area contributed by atoms with Gasteiger partial charge in [-0.3, -0.25) is 0 Å². The van der Waals surface area contributed by atoms with Gasteiger partial charge in [-0.2, -0.15) is 0 Å². The van der Waals surface area contributed by atoms with Crippen molar-refractivity contribution < 1.29 is 8.42 Å². The number of sulfone groups is 1. The Morgan fingerprint density at radius 3 is 2.40 bits per heavy atom. The number of rotatable bonds is 3. The van der Waals surface area contributed by atoms with Crippen molar-refractivity contribution in [3.8, 4) is 0 Å². The third-order valence-corrected chi connectivity index (χ3v) is 5.29. The molecule has 1 N–H and O–H groups in total. The predicted octanol–water partition coefficient (Wildman–Crippen LogP) is 3.56. The summed E-state index contributed by atoms with van der Waals surface area (Å²) in [7, 11) is -3.48. The molecule has 0 unspecified atom stereocenters. The quantitative estimate of drug-likeness (QED) is 0.800. The van der Waals surface area contributed by atoms with E-state index in [1.54, 1.807) is 18.3 Å². The lowest BCUT2D eigenvalue weighted by molar-refractivity contribution is 0.597. The molecule has 3 nitrogen and oxygen atoms in total. The van der Waals surface area contributed by atoms with Gasteiger partial charge < -0.3 is 4.98 Å². The summed E-state index contributed by atoms with van der Waals surface area (Å²) >= 11 is 0. The van der Waals surface area contributed by atoms with Crippen molar-refractivity contribution >= 4 is 20.7 Å². The van der Waals surface area contributed by atoms with Gasteiger partial charge >= 0.3 is 0 Å². The number of para-hydroxylation sites is 1. The van der Waals surface area contributed by atoms with Crippen molar-refractivity contribution in [2.24, 2.45) is 0 Å². The van der Waals surface area contributed by atoms with Gasteiger partial charge in [0.05, 0.1) is 9.79 Å². The number of nitrogens with one attached hydrogen (secondary N) is 1. The van der Waals surface area contributed by atoms with Gasteiger partial charge in [0, 0.05) is 17.1 Å². The van der Waals surface area contributed by atoms with Gasteiger partial charge in [-0.1, -0.05) is 37.3 Å². The lowest BCUT2D eigenvalue weighted by Crippen LogP contribution is -2.01. The number of H-pyrrole nitrogens is 1. The molecule has 1 heterocycles. The number of aromatic nitrogens is 1. The van der Waals surface area contributed by atoms with E-state index in [1.807, 2.05) is 43.3 Å². The summed E-state index contributed by atoms with van der Waals surface area (Å²) in [5, 5.41) is 0.729. The smallest absolute Gasteiger partial charge is 0.208 e. The van der Waals surface area contributed by atoms with E-state index >= 15 is 0 Å². The molecule has 0 fully saturated rings. The number of hydrogen-bond donors (Lipinski definition) is 1. The lowest BCUT2D eigenvalue weighted by Gasteiger charge is -2.04. The molecule has 1 aromatic heterocycles. The van der Waals surface area contributed by atoms with Crippen LogP contribution in [0.4, 0.5) is 0 Å². The zero-order chi connectivity index (χ0) is 14.2. The van der Waals surface area contributed by atoms with Crippen LogP contribution in [-0.2, 0) is 16.3 Å². The zero-order valence-corrected chi connectivity index (χ0v) is 11.9. The molecule has 0 atom stereocenters. The highest BCUT2D eigenvalue weighted by atomic mass is 32.2. The van der Waals surface area contributed by atoms with Crippen molar-refractivity contribution in [1.82, 2.24) is 4.98 Å². The van der Waals surface area contributed by atoms with E-state index in [4.69, 9.17) is 0 Å². The van der Waals surface area contributed by atoms with E-state index < -0.39 is 9.84 Å². The van der Waals surface area contributed by atoms with Gasteiger partial charge in [0.25, 0.3) is 0 Å². The van der Waals surface area contributed by atoms with E-state index in [2.05, 4.69) is 4.98 Å². The Morgan fingerprint density at radius 1 is 1.00 bits per heavy atom. The number of aryl methyl sites for hydroxylation is 1. The molecule has 0 aliphatic carbocycles. The Balaban J connectivity index is 2.15. The molecule has 0 saturated heterocycles. The van der Waals surface area contributed by atoms with Gasteiger partial charge in [-0.15, -0.1) is 0 Å². The first-order valence-corrected chi connectivity index (χ1v) is 8.01. The van der Waals surface area contributed by atoms with E-state index in [1.165, 1.54) is 0 Å². The maximum Gasteiger partial charge on any atom is 0.208 e. The molecule has 0 aliphatic rings. The maximum atomic E-state index is 12.7. The minimum Gasteiger partial charge on any atom is -0.360 e. The van der Waals surface area contributed by atoms with Gasteiger partial charge in [-0.05, 0) is 30.2 Å². The molecule has 20 heavy (non-hydrogen) atoms. The van der Waals surface area contributed by atoms with Crippen LogP contribution in [0.15, 0.2) is 64.5 Å². The van der Waals surface area contributed by atoms with Crippen molar-refractivity contribution in [2.75, 3.05) is 0 Å². The molecule has 0 saturated carbocycles. The van der Waals surface area contributed by atoms with Crippen LogP contribution in [0, 0.1) is 0 Å². The largest absolute Gasteiger partial charge is 0.360 e. The van der Waals surface area contributed by atoms with Gasteiger partial charge in [-0.25, -0.2) is 8.42 Å². The van der Waals surface area contributed by atoms with Crippen molar-refractivity contribution in [1.29, 1.82) is 0 Å². The zero-order valence-electron chi connectivity index (χ0n) is 11.1. The number of benzene rings is 2. The highest BCUT2D eigenvalue weighted by molar-refractivity contribution is 7.91. The second-order valence-electron chi connectivity index (χ2n) is 4.70. The summed E-state index contributed by atoms with van der Waals surface area (Å²) < 4.78 is 25.4. The van der Waals surface area contributed by atoms with E-state index in [9.17, 15) is 8.42 Å². The first-order valence-electron chi connectivity index (χ1n) is 6.53. The van der Waals surface area contributed by atoms with E-state index in [0.29, 0.717) is 9.79 Å². The minimum absolute atomic E-state index is 0.331. The molecule has 2 aromatic carbocycles. The van der Waals surface area contributed by atoms with Crippen LogP contribution in [0.2, 0.25) is 0 Å². The predicted molar refractivity (Wildman–Crippen MR) is 79.6 cm³/mol. The highest BCUT2D eigenvalue weighted by Gasteiger charge is 2.21. The first-order chi connectivity index (χ1) is 9.63. The van der Waals surface area contributed by atoms with Crippen molar-refractivity contribution in [3.63, 3.8) is 0 Å². The van der Waals surface area contributed by atoms with Gasteiger partial charge in [0.2, 0.25) is 9.84 Å². The van der Waals surface area contributed by atoms with Crippen molar-refractivity contribution in [3.05, 3.63) is 60.3 Å². The SMILES string of the molecule is CCc1ccc(S(=O)(=O)c2c[nH]c3ccccc23)cc1. The molecular formula is C16H15NO2S. The Labute approximate surface area is 118 Å². The number of fused-ring (bicyclic) bond motifs is 1. The van der Waals surface area contributed by atoms with Crippen LogP contribution in [-0.4, -0.2) is 13.4 Å². The standard InChI is InChI=1S/C16H15NO2S/c1-2-12-7-9-13(10-8-12)20(18,19)16-11-17-15-6-4-3-5-14(15)16/h3-11,17H,2H2,1H3. The summed E-state index contributed by atoms with van der Waals surface area (Å²) in [5.74, 6) is 0. The number of hydrogen-bond acceptors (Lipinski definition) is 2. The van der Waals surface area contributed by atoms with Crippen LogP contribution in [0.25, 0.3) is 10.9 Å². The van der Waals surface area contributed by atoms with Gasteiger partial charge in [0.1, 0.15) is 0 Å². The Kier molecular flexibility index (Phi) is 3.10.